The zero-order chi connectivity index (χ0) is 29.0. The first-order valence-corrected chi connectivity index (χ1v) is 13.2. The zero-order valence-electron chi connectivity index (χ0n) is 23.8. The van der Waals surface area contributed by atoms with Crippen LogP contribution in [0.5, 0.6) is 0 Å². The van der Waals surface area contributed by atoms with E-state index in [9.17, 15) is 24.0 Å². The summed E-state index contributed by atoms with van der Waals surface area (Å²) in [6.07, 6.45) is 2.95. The molecule has 2 fully saturated rings. The van der Waals surface area contributed by atoms with E-state index in [4.69, 9.17) is 4.74 Å². The van der Waals surface area contributed by atoms with Gasteiger partial charge in [0.05, 0.1) is 6.04 Å². The van der Waals surface area contributed by atoms with E-state index in [1.165, 1.54) is 11.0 Å². The van der Waals surface area contributed by atoms with Crippen molar-refractivity contribution < 1.29 is 28.7 Å². The molecule has 38 heavy (non-hydrogen) atoms. The van der Waals surface area contributed by atoms with Gasteiger partial charge < -0.3 is 25.6 Å². The Morgan fingerprint density at radius 2 is 1.71 bits per heavy atom. The molecule has 10 nitrogen and oxygen atoms in total. The fourth-order valence-corrected chi connectivity index (χ4v) is 5.16. The van der Waals surface area contributed by atoms with Crippen molar-refractivity contribution in [2.45, 2.75) is 85.0 Å². The summed E-state index contributed by atoms with van der Waals surface area (Å²) in [7, 11) is 0. The predicted octanol–water partition coefficient (Wildman–Crippen LogP) is 2.34. The third kappa shape index (κ3) is 7.23. The zero-order valence-corrected chi connectivity index (χ0v) is 23.8. The van der Waals surface area contributed by atoms with Crippen LogP contribution in [0.2, 0.25) is 0 Å². The third-order valence-corrected chi connectivity index (χ3v) is 7.29. The highest BCUT2D eigenvalue weighted by molar-refractivity contribution is 6.38. The fraction of sp³-hybridized carbons (Fsp3) is 0.679. The smallest absolute Gasteiger partial charge is 0.408 e. The van der Waals surface area contributed by atoms with Gasteiger partial charge in [-0.1, -0.05) is 39.8 Å². The van der Waals surface area contributed by atoms with Crippen molar-refractivity contribution in [1.82, 2.24) is 20.9 Å². The lowest BCUT2D eigenvalue weighted by molar-refractivity contribution is -0.144. The van der Waals surface area contributed by atoms with Gasteiger partial charge in [0.1, 0.15) is 17.7 Å². The molecule has 10 heteroatoms. The largest absolute Gasteiger partial charge is 0.444 e. The maximum absolute atomic E-state index is 13.7. The van der Waals surface area contributed by atoms with Crippen molar-refractivity contribution in [2.24, 2.45) is 23.2 Å². The molecular formula is C28H44N4O6. The molecule has 4 amide bonds. The third-order valence-electron chi connectivity index (χ3n) is 7.29. The molecular weight excluding hydrogens is 488 g/mol. The van der Waals surface area contributed by atoms with Crippen LogP contribution >= 0.6 is 0 Å². The number of ether oxygens (including phenoxy) is 1. The Hall–Kier alpha value is -3.17. The average Bonchev–Trinajstić information content (AvgIpc) is 3.15. The maximum atomic E-state index is 13.7. The standard InChI is InChI=1S/C28H44N4O6/c1-10-12-13-18(22(33)24(35)29-14-11-2)30-23(34)21-19-17(28(19,8)9)15-32(21)25(36)20(16(3)4)31-26(37)38-27(5,6)7/h10-11,16-21H,1-2,12-15H2,3-9H3,(H,29,35)(H,30,34)(H,31,37)/t17?,18?,19-,20-,21-/m0/s1. The monoisotopic (exact) mass is 532 g/mol. The van der Waals surface area contributed by atoms with Gasteiger partial charge in [-0.05, 0) is 56.8 Å². The molecule has 0 radical (unpaired) electrons. The number of hydrogen-bond acceptors (Lipinski definition) is 6. The first-order valence-electron chi connectivity index (χ1n) is 13.2. The molecule has 2 unspecified atom stereocenters. The van der Waals surface area contributed by atoms with Crippen LogP contribution in [0, 0.1) is 23.2 Å². The van der Waals surface area contributed by atoms with Crippen LogP contribution in [0.1, 0.15) is 61.3 Å². The van der Waals surface area contributed by atoms with Crippen molar-refractivity contribution in [3.8, 4) is 0 Å². The number of piperidine rings is 1. The number of Topliss-reactive ketones (excluding diaryl/α,β-unsaturated/α-hetero) is 1. The molecule has 1 heterocycles. The van der Waals surface area contributed by atoms with E-state index in [0.717, 1.165) is 0 Å². The van der Waals surface area contributed by atoms with E-state index in [1.807, 2.05) is 27.7 Å². The van der Waals surface area contributed by atoms with Crippen LogP contribution in [0.3, 0.4) is 0 Å². The molecule has 2 rings (SSSR count). The quantitative estimate of drug-likeness (QED) is 0.261. The summed E-state index contributed by atoms with van der Waals surface area (Å²) >= 11 is 0. The van der Waals surface area contributed by atoms with Gasteiger partial charge in [-0.25, -0.2) is 4.79 Å². The van der Waals surface area contributed by atoms with E-state index >= 15 is 0 Å². The normalized spacial score (nSPS) is 22.9. The molecule has 5 atom stereocenters. The molecule has 212 valence electrons. The Balaban J connectivity index is 2.27. The number of allylic oxidation sites excluding steroid dienone is 1. The van der Waals surface area contributed by atoms with Gasteiger partial charge in [0, 0.05) is 13.1 Å². The molecule has 3 N–H and O–H groups in total. The number of ketones is 1. The Bertz CT molecular complexity index is 967. The Kier molecular flexibility index (Phi) is 9.91. The topological polar surface area (TPSA) is 134 Å². The van der Waals surface area contributed by atoms with Crippen LogP contribution in [-0.4, -0.2) is 71.3 Å². The number of nitrogens with one attached hydrogen (secondary N) is 3. The number of likely N-dealkylation sites (tertiary alicyclic amines) is 1. The van der Waals surface area contributed by atoms with Crippen molar-refractivity contribution in [2.75, 3.05) is 13.1 Å². The number of rotatable bonds is 12. The molecule has 1 saturated carbocycles. The van der Waals surface area contributed by atoms with Crippen LogP contribution in [0.15, 0.2) is 25.3 Å². The first-order chi connectivity index (χ1) is 17.6. The van der Waals surface area contributed by atoms with E-state index in [1.54, 1.807) is 26.8 Å². The molecule has 0 spiro atoms. The first kappa shape index (κ1) is 31.1. The highest BCUT2D eigenvalue weighted by Crippen LogP contribution is 2.65. The Labute approximate surface area is 226 Å². The summed E-state index contributed by atoms with van der Waals surface area (Å²) in [6.45, 7) is 20.6. The van der Waals surface area contributed by atoms with Gasteiger partial charge in [0.25, 0.3) is 5.91 Å². The molecule has 1 aliphatic heterocycles. The summed E-state index contributed by atoms with van der Waals surface area (Å²) in [5.41, 5.74) is -0.895. The van der Waals surface area contributed by atoms with Gasteiger partial charge in [-0.3, -0.25) is 19.2 Å². The van der Waals surface area contributed by atoms with Crippen LogP contribution in [0.25, 0.3) is 0 Å². The van der Waals surface area contributed by atoms with Crippen molar-refractivity contribution in [3.05, 3.63) is 25.3 Å². The predicted molar refractivity (Wildman–Crippen MR) is 144 cm³/mol. The second-order valence-electron chi connectivity index (χ2n) is 12.0. The number of fused-ring (bicyclic) bond motifs is 1. The summed E-state index contributed by atoms with van der Waals surface area (Å²) in [6, 6.07) is -2.80. The molecule has 2 aliphatic rings. The van der Waals surface area contributed by atoms with Crippen LogP contribution in [-0.2, 0) is 23.9 Å². The number of hydrogen-bond donors (Lipinski definition) is 3. The molecule has 0 aromatic rings. The van der Waals surface area contributed by atoms with Crippen molar-refractivity contribution in [1.29, 1.82) is 0 Å². The van der Waals surface area contributed by atoms with E-state index in [-0.39, 0.29) is 42.0 Å². The maximum Gasteiger partial charge on any atom is 0.408 e. The SMILES string of the molecule is C=CCCC(NC(=O)[C@@H]1[C@@H]2C(CN1C(=O)[C@@H](NC(=O)OC(C)(C)C)C(C)C)C2(C)C)C(=O)C(=O)NCC=C. The molecule has 1 saturated heterocycles. The van der Waals surface area contributed by atoms with E-state index < -0.39 is 47.4 Å². The Morgan fingerprint density at radius 1 is 1.08 bits per heavy atom. The van der Waals surface area contributed by atoms with Gasteiger partial charge in [-0.15, -0.1) is 13.2 Å². The minimum absolute atomic E-state index is 0.106. The number of alkyl carbamates (subject to hydrolysis) is 1. The van der Waals surface area contributed by atoms with Crippen molar-refractivity contribution in [3.63, 3.8) is 0 Å². The lowest BCUT2D eigenvalue weighted by atomic mass is 9.96. The number of nitrogens with zero attached hydrogens (tertiary/aromatic N) is 1. The van der Waals surface area contributed by atoms with Gasteiger partial charge in [0.2, 0.25) is 17.6 Å². The summed E-state index contributed by atoms with van der Waals surface area (Å²) < 4.78 is 5.35. The summed E-state index contributed by atoms with van der Waals surface area (Å²) in [5.74, 6) is -2.72. The molecule has 1 aliphatic carbocycles. The number of amides is 4. The average molecular weight is 533 g/mol. The van der Waals surface area contributed by atoms with Gasteiger partial charge >= 0.3 is 6.09 Å². The minimum atomic E-state index is -1.07. The van der Waals surface area contributed by atoms with Gasteiger partial charge in [-0.2, -0.15) is 0 Å². The summed E-state index contributed by atoms with van der Waals surface area (Å²) in [4.78, 5) is 66.5. The van der Waals surface area contributed by atoms with Crippen LogP contribution in [0.4, 0.5) is 4.79 Å². The lowest BCUT2D eigenvalue weighted by Crippen LogP contribution is -2.59. The highest BCUT2D eigenvalue weighted by atomic mass is 16.6. The van der Waals surface area contributed by atoms with Crippen LogP contribution < -0.4 is 16.0 Å². The molecule has 0 bridgehead atoms. The Morgan fingerprint density at radius 3 is 2.24 bits per heavy atom. The van der Waals surface area contributed by atoms with E-state index in [2.05, 4.69) is 29.1 Å². The molecule has 0 aromatic carbocycles. The highest BCUT2D eigenvalue weighted by Gasteiger charge is 2.69. The molecule has 0 aromatic heterocycles. The minimum Gasteiger partial charge on any atom is -0.444 e. The second-order valence-corrected chi connectivity index (χ2v) is 12.0. The lowest BCUT2D eigenvalue weighted by Gasteiger charge is -2.35. The van der Waals surface area contributed by atoms with E-state index in [0.29, 0.717) is 13.0 Å². The fourth-order valence-electron chi connectivity index (χ4n) is 5.16. The van der Waals surface area contributed by atoms with Gasteiger partial charge in [0.15, 0.2) is 0 Å². The summed E-state index contributed by atoms with van der Waals surface area (Å²) in [5, 5.41) is 7.86. The number of carbonyl (C=O) groups excluding carboxylic acids is 5. The number of carbonyl (C=O) groups is 5. The second kappa shape index (κ2) is 12.1. The van der Waals surface area contributed by atoms with Crippen molar-refractivity contribution >= 4 is 29.6 Å².